The second-order valence-electron chi connectivity index (χ2n) is 4.05. The number of hydrogen-bond donors (Lipinski definition) is 1. The molecule has 1 aromatic carbocycles. The summed E-state index contributed by atoms with van der Waals surface area (Å²) in [6.07, 6.45) is 0.931. The quantitative estimate of drug-likeness (QED) is 0.872. The van der Waals surface area contributed by atoms with Crippen molar-refractivity contribution < 1.29 is 9.47 Å². The van der Waals surface area contributed by atoms with Gasteiger partial charge in [-0.2, -0.15) is 0 Å². The summed E-state index contributed by atoms with van der Waals surface area (Å²) in [4.78, 5) is 4.61. The summed E-state index contributed by atoms with van der Waals surface area (Å²) in [5.74, 6) is 1.60. The van der Waals surface area contributed by atoms with E-state index in [-0.39, 0.29) is 0 Å². The SMILES string of the molecule is CNCCc1ccc2cc3c(cc2n1)OCO3. The number of pyridine rings is 1. The fraction of sp³-hybridized carbons (Fsp3) is 0.308. The second kappa shape index (κ2) is 4.22. The van der Waals surface area contributed by atoms with Crippen molar-refractivity contribution in [1.82, 2.24) is 10.3 Å². The number of hydrogen-bond acceptors (Lipinski definition) is 4. The fourth-order valence-corrected chi connectivity index (χ4v) is 1.95. The predicted molar refractivity (Wildman–Crippen MR) is 65.5 cm³/mol. The van der Waals surface area contributed by atoms with Crippen molar-refractivity contribution >= 4 is 10.9 Å². The summed E-state index contributed by atoms with van der Waals surface area (Å²) < 4.78 is 10.7. The Morgan fingerprint density at radius 2 is 2.06 bits per heavy atom. The minimum Gasteiger partial charge on any atom is -0.454 e. The van der Waals surface area contributed by atoms with Crippen LogP contribution in [-0.2, 0) is 6.42 Å². The van der Waals surface area contributed by atoms with Crippen molar-refractivity contribution in [2.45, 2.75) is 6.42 Å². The van der Waals surface area contributed by atoms with Gasteiger partial charge in [-0.05, 0) is 19.2 Å². The van der Waals surface area contributed by atoms with Crippen LogP contribution in [0.25, 0.3) is 10.9 Å². The van der Waals surface area contributed by atoms with E-state index in [0.717, 1.165) is 41.1 Å². The van der Waals surface area contributed by atoms with E-state index in [9.17, 15) is 0 Å². The Balaban J connectivity index is 2.01. The van der Waals surface area contributed by atoms with Crippen molar-refractivity contribution in [3.63, 3.8) is 0 Å². The molecule has 17 heavy (non-hydrogen) atoms. The van der Waals surface area contributed by atoms with E-state index in [1.54, 1.807) is 0 Å². The van der Waals surface area contributed by atoms with E-state index in [1.165, 1.54) is 0 Å². The van der Waals surface area contributed by atoms with Gasteiger partial charge in [0, 0.05) is 30.1 Å². The molecule has 4 heteroatoms. The molecule has 2 aromatic rings. The standard InChI is InChI=1S/C13H14N2O2/c1-14-5-4-10-3-2-9-6-12-13(17-8-16-12)7-11(9)15-10/h2-3,6-7,14H,4-5,8H2,1H3. The summed E-state index contributed by atoms with van der Waals surface area (Å²) in [5, 5.41) is 4.21. The molecule has 1 aliphatic rings. The molecule has 88 valence electrons. The van der Waals surface area contributed by atoms with Crippen LogP contribution < -0.4 is 14.8 Å². The maximum Gasteiger partial charge on any atom is 0.231 e. The largest absolute Gasteiger partial charge is 0.454 e. The molecule has 0 unspecified atom stereocenters. The van der Waals surface area contributed by atoms with Gasteiger partial charge in [0.05, 0.1) is 5.52 Å². The molecular formula is C13H14N2O2. The molecule has 0 aliphatic carbocycles. The highest BCUT2D eigenvalue weighted by Gasteiger charge is 2.14. The van der Waals surface area contributed by atoms with E-state index in [0.29, 0.717) is 6.79 Å². The number of likely N-dealkylation sites (N-methyl/N-ethyl adjacent to an activating group) is 1. The van der Waals surface area contributed by atoms with E-state index in [2.05, 4.69) is 22.4 Å². The van der Waals surface area contributed by atoms with Gasteiger partial charge in [0.1, 0.15) is 0 Å². The van der Waals surface area contributed by atoms with Gasteiger partial charge in [0.2, 0.25) is 6.79 Å². The zero-order valence-corrected chi connectivity index (χ0v) is 9.69. The lowest BCUT2D eigenvalue weighted by Crippen LogP contribution is -2.11. The van der Waals surface area contributed by atoms with Crippen LogP contribution in [0.3, 0.4) is 0 Å². The van der Waals surface area contributed by atoms with Crippen LogP contribution in [0.4, 0.5) is 0 Å². The lowest BCUT2D eigenvalue weighted by Gasteiger charge is -2.04. The third-order valence-corrected chi connectivity index (χ3v) is 2.87. The molecule has 4 nitrogen and oxygen atoms in total. The Labute approximate surface area is 99.6 Å². The zero-order valence-electron chi connectivity index (χ0n) is 9.69. The minimum absolute atomic E-state index is 0.304. The number of ether oxygens (including phenoxy) is 2. The van der Waals surface area contributed by atoms with Crippen molar-refractivity contribution in [2.24, 2.45) is 0 Å². The molecule has 2 heterocycles. The number of benzene rings is 1. The fourth-order valence-electron chi connectivity index (χ4n) is 1.95. The number of nitrogens with one attached hydrogen (secondary N) is 1. The molecule has 0 spiro atoms. The average Bonchev–Trinajstić information content (AvgIpc) is 2.80. The van der Waals surface area contributed by atoms with Crippen molar-refractivity contribution in [1.29, 1.82) is 0 Å². The Morgan fingerprint density at radius 3 is 2.88 bits per heavy atom. The van der Waals surface area contributed by atoms with E-state index in [4.69, 9.17) is 9.47 Å². The first-order valence-corrected chi connectivity index (χ1v) is 5.71. The topological polar surface area (TPSA) is 43.4 Å². The zero-order chi connectivity index (χ0) is 11.7. The predicted octanol–water partition coefficient (Wildman–Crippen LogP) is 1.73. The number of fused-ring (bicyclic) bond motifs is 2. The van der Waals surface area contributed by atoms with Crippen LogP contribution in [0.5, 0.6) is 11.5 Å². The number of nitrogens with zero attached hydrogens (tertiary/aromatic N) is 1. The van der Waals surface area contributed by atoms with E-state index >= 15 is 0 Å². The summed E-state index contributed by atoms with van der Waals surface area (Å²) in [5.41, 5.74) is 2.05. The molecule has 0 atom stereocenters. The summed E-state index contributed by atoms with van der Waals surface area (Å²) >= 11 is 0. The molecule has 1 aromatic heterocycles. The maximum absolute atomic E-state index is 5.35. The maximum atomic E-state index is 5.35. The molecule has 0 fully saturated rings. The van der Waals surface area contributed by atoms with Crippen molar-refractivity contribution in [2.75, 3.05) is 20.4 Å². The lowest BCUT2D eigenvalue weighted by atomic mass is 10.1. The van der Waals surface area contributed by atoms with Gasteiger partial charge >= 0.3 is 0 Å². The van der Waals surface area contributed by atoms with Gasteiger partial charge in [0.15, 0.2) is 11.5 Å². The Bertz CT molecular complexity index is 554. The highest BCUT2D eigenvalue weighted by Crippen LogP contribution is 2.35. The molecule has 0 saturated heterocycles. The third-order valence-electron chi connectivity index (χ3n) is 2.87. The van der Waals surface area contributed by atoms with Gasteiger partial charge in [-0.15, -0.1) is 0 Å². The monoisotopic (exact) mass is 230 g/mol. The smallest absolute Gasteiger partial charge is 0.231 e. The molecule has 1 N–H and O–H groups in total. The first kappa shape index (κ1) is 10.4. The van der Waals surface area contributed by atoms with E-state index in [1.807, 2.05) is 19.2 Å². The van der Waals surface area contributed by atoms with Crippen molar-refractivity contribution in [3.05, 3.63) is 30.0 Å². The molecule has 0 bridgehead atoms. The summed E-state index contributed by atoms with van der Waals surface area (Å²) in [7, 11) is 1.94. The highest BCUT2D eigenvalue weighted by molar-refractivity contribution is 5.83. The molecule has 1 aliphatic heterocycles. The normalized spacial score (nSPS) is 13.2. The highest BCUT2D eigenvalue weighted by atomic mass is 16.7. The summed E-state index contributed by atoms with van der Waals surface area (Å²) in [6, 6.07) is 8.06. The van der Waals surface area contributed by atoms with Gasteiger partial charge in [-0.1, -0.05) is 6.07 Å². The van der Waals surface area contributed by atoms with Gasteiger partial charge in [-0.3, -0.25) is 4.98 Å². The van der Waals surface area contributed by atoms with Gasteiger partial charge in [-0.25, -0.2) is 0 Å². The number of rotatable bonds is 3. The Morgan fingerprint density at radius 1 is 1.24 bits per heavy atom. The molecule has 3 rings (SSSR count). The third kappa shape index (κ3) is 1.91. The van der Waals surface area contributed by atoms with Crippen LogP contribution in [0.15, 0.2) is 24.3 Å². The first-order valence-electron chi connectivity index (χ1n) is 5.71. The molecule has 0 amide bonds. The van der Waals surface area contributed by atoms with Gasteiger partial charge < -0.3 is 14.8 Å². The Kier molecular flexibility index (Phi) is 2.57. The minimum atomic E-state index is 0.304. The average molecular weight is 230 g/mol. The van der Waals surface area contributed by atoms with Crippen molar-refractivity contribution in [3.8, 4) is 11.5 Å². The van der Waals surface area contributed by atoms with Crippen LogP contribution in [0.2, 0.25) is 0 Å². The second-order valence-corrected chi connectivity index (χ2v) is 4.05. The summed E-state index contributed by atoms with van der Waals surface area (Å²) in [6.45, 7) is 1.24. The van der Waals surface area contributed by atoms with Crippen LogP contribution in [-0.4, -0.2) is 25.4 Å². The Hall–Kier alpha value is -1.81. The number of aromatic nitrogens is 1. The first-order chi connectivity index (χ1) is 8.36. The van der Waals surface area contributed by atoms with Crippen LogP contribution in [0.1, 0.15) is 5.69 Å². The molecule has 0 radical (unpaired) electrons. The van der Waals surface area contributed by atoms with Crippen LogP contribution >= 0.6 is 0 Å². The molecular weight excluding hydrogens is 216 g/mol. The van der Waals surface area contributed by atoms with Gasteiger partial charge in [0.25, 0.3) is 0 Å². The van der Waals surface area contributed by atoms with Crippen LogP contribution in [0, 0.1) is 0 Å². The molecule has 0 saturated carbocycles. The van der Waals surface area contributed by atoms with E-state index < -0.39 is 0 Å². The lowest BCUT2D eigenvalue weighted by molar-refractivity contribution is 0.174.